The summed E-state index contributed by atoms with van der Waals surface area (Å²) < 4.78 is 18.9. The highest BCUT2D eigenvalue weighted by Gasteiger charge is 1.79. The molecule has 0 saturated carbocycles. The largest absolute Gasteiger partial charge is 0.800 e. The Morgan fingerprint density at radius 1 is 1.10 bits per heavy atom. The van der Waals surface area contributed by atoms with Crippen molar-refractivity contribution in [2.45, 2.75) is 0 Å². The van der Waals surface area contributed by atoms with Gasteiger partial charge in [-0.15, -0.1) is 0 Å². The Bertz CT molecular complexity index is 127. The molecule has 0 rings (SSSR count). The molecule has 10 heavy (non-hydrogen) atoms. The second-order valence-electron chi connectivity index (χ2n) is 2.06. The maximum Gasteiger partial charge on any atom is 0.129 e. The zero-order valence-corrected chi connectivity index (χ0v) is 7.76. The van der Waals surface area contributed by atoms with Crippen LogP contribution in [-0.4, -0.2) is 24.9 Å². The van der Waals surface area contributed by atoms with Crippen molar-refractivity contribution in [1.29, 1.82) is 0 Å². The fraction of sp³-hybridized carbons (Fsp3) is 1.00. The Morgan fingerprint density at radius 3 is 1.10 bits per heavy atom. The summed E-state index contributed by atoms with van der Waals surface area (Å²) in [6.07, 6.45) is 0. The van der Waals surface area contributed by atoms with E-state index in [4.69, 9.17) is 4.89 Å². The van der Waals surface area contributed by atoms with Crippen LogP contribution in [0.1, 0.15) is 0 Å². The first kappa shape index (κ1) is 13.0. The molecule has 1 atom stereocenters. The van der Waals surface area contributed by atoms with Crippen LogP contribution in [0, 0.1) is 0 Å². The lowest BCUT2D eigenvalue weighted by Crippen LogP contribution is -1.93. The fourth-order valence-corrected chi connectivity index (χ4v) is 0. The number of hydrogen-bond acceptors (Lipinski definition) is 4. The molecule has 0 aromatic rings. The van der Waals surface area contributed by atoms with E-state index in [0.717, 1.165) is 6.66 Å². The van der Waals surface area contributed by atoms with Crippen molar-refractivity contribution >= 4 is 15.0 Å². The maximum absolute atomic E-state index is 9.66. The van der Waals surface area contributed by atoms with Crippen LogP contribution < -0.4 is 9.79 Å². The molecular formula is C3H10O5P2-2. The van der Waals surface area contributed by atoms with Crippen molar-refractivity contribution in [3.63, 3.8) is 0 Å². The third-order valence-electron chi connectivity index (χ3n) is 0. The predicted molar refractivity (Wildman–Crippen MR) is 35.2 cm³/mol. The average molecular weight is 188 g/mol. The van der Waals surface area contributed by atoms with Crippen molar-refractivity contribution in [1.82, 2.24) is 0 Å². The van der Waals surface area contributed by atoms with E-state index in [0.29, 0.717) is 0 Å². The first-order valence-corrected chi connectivity index (χ1v) is 6.82. The molecule has 0 aromatic heterocycles. The van der Waals surface area contributed by atoms with E-state index in [-0.39, 0.29) is 0 Å². The highest BCUT2D eigenvalue weighted by molar-refractivity contribution is 7.54. The van der Waals surface area contributed by atoms with Crippen molar-refractivity contribution < 1.29 is 23.8 Å². The van der Waals surface area contributed by atoms with Gasteiger partial charge in [0.05, 0.1) is 0 Å². The second kappa shape index (κ2) is 4.27. The molecule has 0 aromatic carbocycles. The molecule has 0 spiro atoms. The van der Waals surface area contributed by atoms with Crippen LogP contribution in [-0.2, 0) is 9.13 Å². The van der Waals surface area contributed by atoms with Crippen LogP contribution in [0.15, 0.2) is 0 Å². The topological polar surface area (TPSA) is 100 Å². The van der Waals surface area contributed by atoms with Crippen LogP contribution in [0.5, 0.6) is 0 Å². The molecule has 7 heteroatoms. The monoisotopic (exact) mass is 188 g/mol. The summed E-state index contributed by atoms with van der Waals surface area (Å²) in [5.41, 5.74) is 0. The van der Waals surface area contributed by atoms with Crippen LogP contribution in [0.25, 0.3) is 0 Å². The smallest absolute Gasteiger partial charge is 0.129 e. The van der Waals surface area contributed by atoms with E-state index >= 15 is 0 Å². The molecule has 0 bridgehead atoms. The summed E-state index contributed by atoms with van der Waals surface area (Å²) in [5.74, 6) is 0. The molecule has 0 aliphatic carbocycles. The summed E-state index contributed by atoms with van der Waals surface area (Å²) in [6.45, 7) is 3.12. The minimum absolute atomic E-state index is 0.743. The third-order valence-corrected chi connectivity index (χ3v) is 0. The molecular weight excluding hydrogens is 178 g/mol. The van der Waals surface area contributed by atoms with Gasteiger partial charge < -0.3 is 23.8 Å². The van der Waals surface area contributed by atoms with Gasteiger partial charge in [0.15, 0.2) is 0 Å². The maximum atomic E-state index is 9.66. The van der Waals surface area contributed by atoms with Crippen molar-refractivity contribution in [2.75, 3.05) is 20.0 Å². The quantitative estimate of drug-likeness (QED) is 0.493. The van der Waals surface area contributed by atoms with Gasteiger partial charge in [0.1, 0.15) is 7.60 Å². The van der Waals surface area contributed by atoms with Gasteiger partial charge in [-0.25, -0.2) is 0 Å². The molecule has 64 valence electrons. The van der Waals surface area contributed by atoms with Gasteiger partial charge in [0, 0.05) is 14.0 Å². The highest BCUT2D eigenvalue weighted by atomic mass is 31.2. The molecule has 0 amide bonds. The van der Waals surface area contributed by atoms with Crippen LogP contribution in [0.4, 0.5) is 0 Å². The standard InChI is InChI=1S/C2H7O2P.CH5O3P/c2*1-5(2,3)4/h1-2H3,(H,3,4);1H3,(H2,2,3,4)/p-2. The molecule has 0 saturated heterocycles. The summed E-state index contributed by atoms with van der Waals surface area (Å²) in [6, 6.07) is 0. The lowest BCUT2D eigenvalue weighted by molar-refractivity contribution is -0.191. The third kappa shape index (κ3) is 3890. The Hall–Kier alpha value is 0.340. The zero-order chi connectivity index (χ0) is 9.00. The summed E-state index contributed by atoms with van der Waals surface area (Å²) in [4.78, 5) is 26.4. The molecule has 0 radical (unpaired) electrons. The summed E-state index contributed by atoms with van der Waals surface area (Å²) in [5, 5.41) is 0. The van der Waals surface area contributed by atoms with Gasteiger partial charge >= 0.3 is 0 Å². The van der Waals surface area contributed by atoms with Crippen LogP contribution >= 0.6 is 15.0 Å². The molecule has 0 heterocycles. The van der Waals surface area contributed by atoms with E-state index in [2.05, 4.69) is 0 Å². The normalized spacial score (nSPS) is 16.6. The lowest BCUT2D eigenvalue weighted by atomic mass is 11.9. The first-order valence-electron chi connectivity index (χ1n) is 2.27. The van der Waals surface area contributed by atoms with E-state index in [1.807, 2.05) is 0 Å². The minimum Gasteiger partial charge on any atom is -0.800 e. The van der Waals surface area contributed by atoms with Gasteiger partial charge in [0.25, 0.3) is 0 Å². The van der Waals surface area contributed by atoms with Gasteiger partial charge in [-0.3, -0.25) is 0 Å². The van der Waals surface area contributed by atoms with Gasteiger partial charge in [-0.05, 0) is 13.3 Å². The molecule has 0 fully saturated rings. The van der Waals surface area contributed by atoms with E-state index in [1.54, 1.807) is 0 Å². The lowest BCUT2D eigenvalue weighted by Gasteiger charge is -2.06. The Morgan fingerprint density at radius 2 is 1.10 bits per heavy atom. The van der Waals surface area contributed by atoms with Crippen molar-refractivity contribution in [3.05, 3.63) is 0 Å². The average Bonchev–Trinajstić information content (AvgIpc) is 1.12. The first-order chi connectivity index (χ1) is 4.00. The van der Waals surface area contributed by atoms with E-state index in [9.17, 15) is 18.9 Å². The highest BCUT2D eigenvalue weighted by Crippen LogP contribution is 2.21. The molecule has 1 unspecified atom stereocenters. The Balaban J connectivity index is 0. The summed E-state index contributed by atoms with van der Waals surface area (Å²) >= 11 is 0. The van der Waals surface area contributed by atoms with Gasteiger partial charge in [-0.2, -0.15) is 0 Å². The molecule has 0 aliphatic heterocycles. The SMILES string of the molecule is CP(=O)([O-])O.CP(C)(=O)[O-]. The summed E-state index contributed by atoms with van der Waals surface area (Å²) in [7, 11) is -6.78. The Kier molecular flexibility index (Phi) is 5.53. The number of rotatable bonds is 0. The zero-order valence-electron chi connectivity index (χ0n) is 5.97. The second-order valence-corrected chi connectivity index (χ2v) is 6.17. The Labute approximate surface area is 59.7 Å². The van der Waals surface area contributed by atoms with Gasteiger partial charge in [0.2, 0.25) is 0 Å². The van der Waals surface area contributed by atoms with E-state index < -0.39 is 15.0 Å². The fourth-order valence-electron chi connectivity index (χ4n) is 0. The van der Waals surface area contributed by atoms with Crippen molar-refractivity contribution in [2.24, 2.45) is 0 Å². The molecule has 5 nitrogen and oxygen atoms in total. The molecule has 1 N–H and O–H groups in total. The van der Waals surface area contributed by atoms with E-state index in [1.165, 1.54) is 13.3 Å². The molecule has 0 aliphatic rings. The van der Waals surface area contributed by atoms with Crippen LogP contribution in [0.3, 0.4) is 0 Å². The van der Waals surface area contributed by atoms with Crippen LogP contribution in [0.2, 0.25) is 0 Å². The number of hydrogen-bond donors (Lipinski definition) is 1. The van der Waals surface area contributed by atoms with Crippen molar-refractivity contribution in [3.8, 4) is 0 Å². The predicted octanol–water partition coefficient (Wildman–Crippen LogP) is -0.954. The minimum atomic E-state index is -3.89. The van der Waals surface area contributed by atoms with Gasteiger partial charge in [-0.1, -0.05) is 0 Å².